The first-order valence-corrected chi connectivity index (χ1v) is 8.82. The van der Waals surface area contributed by atoms with E-state index in [0.29, 0.717) is 32.2 Å². The van der Waals surface area contributed by atoms with Gasteiger partial charge in [0.2, 0.25) is 15.9 Å². The van der Waals surface area contributed by atoms with Crippen molar-refractivity contribution in [3.8, 4) is 5.88 Å². The first-order valence-electron chi connectivity index (χ1n) is 7.38. The highest BCUT2D eigenvalue weighted by molar-refractivity contribution is 7.89. The number of aromatic nitrogens is 1. The highest BCUT2D eigenvalue weighted by Gasteiger charge is 2.28. The maximum absolute atomic E-state index is 12.6. The minimum Gasteiger partial charge on any atom is -0.475 e. The van der Waals surface area contributed by atoms with E-state index in [2.05, 4.69) is 16.8 Å². The van der Waals surface area contributed by atoms with Gasteiger partial charge in [0.25, 0.3) is 0 Å². The van der Waals surface area contributed by atoms with Crippen LogP contribution >= 0.6 is 0 Å². The van der Waals surface area contributed by atoms with Crippen molar-refractivity contribution in [2.45, 2.75) is 11.8 Å². The van der Waals surface area contributed by atoms with Gasteiger partial charge in [0.05, 0.1) is 12.8 Å². The molecule has 2 heterocycles. The van der Waals surface area contributed by atoms with Crippen molar-refractivity contribution >= 4 is 10.0 Å². The second-order valence-corrected chi connectivity index (χ2v) is 6.95. The van der Waals surface area contributed by atoms with E-state index in [1.165, 1.54) is 16.6 Å². The van der Waals surface area contributed by atoms with Gasteiger partial charge in [-0.1, -0.05) is 6.92 Å². The summed E-state index contributed by atoms with van der Waals surface area (Å²) in [6, 6.07) is 3.11. The molecule has 1 aromatic heterocycles. The van der Waals surface area contributed by atoms with Crippen LogP contribution in [0.2, 0.25) is 0 Å². The van der Waals surface area contributed by atoms with Crippen LogP contribution in [0, 0.1) is 0 Å². The number of methoxy groups -OCH3 is 1. The average molecular weight is 329 g/mol. The lowest BCUT2D eigenvalue weighted by Gasteiger charge is -2.33. The molecule has 0 atom stereocenters. The largest absolute Gasteiger partial charge is 0.475 e. The van der Waals surface area contributed by atoms with Crippen molar-refractivity contribution in [2.75, 3.05) is 53.0 Å². The standard InChI is InChI=1S/C14H23N3O4S/c1-3-16-6-8-17(9-7-16)22(18,19)13-4-5-14(15-12-13)21-11-10-20-2/h4-5,12H,3,6-11H2,1-2H3. The van der Waals surface area contributed by atoms with Crippen molar-refractivity contribution in [2.24, 2.45) is 0 Å². The van der Waals surface area contributed by atoms with Crippen LogP contribution < -0.4 is 4.74 Å². The molecule has 1 aliphatic heterocycles. The lowest BCUT2D eigenvalue weighted by atomic mass is 10.4. The van der Waals surface area contributed by atoms with E-state index in [-0.39, 0.29) is 4.90 Å². The highest BCUT2D eigenvalue weighted by atomic mass is 32.2. The van der Waals surface area contributed by atoms with Gasteiger partial charge in [0.15, 0.2) is 0 Å². The molecule has 0 radical (unpaired) electrons. The molecule has 124 valence electrons. The maximum Gasteiger partial charge on any atom is 0.244 e. The van der Waals surface area contributed by atoms with Gasteiger partial charge in [-0.25, -0.2) is 13.4 Å². The highest BCUT2D eigenvalue weighted by Crippen LogP contribution is 2.18. The first-order chi connectivity index (χ1) is 10.6. The number of rotatable bonds is 7. The minimum atomic E-state index is -3.47. The summed E-state index contributed by atoms with van der Waals surface area (Å²) < 4.78 is 36.9. The summed E-state index contributed by atoms with van der Waals surface area (Å²) in [5, 5.41) is 0. The number of sulfonamides is 1. The summed E-state index contributed by atoms with van der Waals surface area (Å²) in [5.41, 5.74) is 0. The Morgan fingerprint density at radius 2 is 1.91 bits per heavy atom. The quantitative estimate of drug-likeness (QED) is 0.676. The van der Waals surface area contributed by atoms with Gasteiger partial charge in [0, 0.05) is 39.4 Å². The van der Waals surface area contributed by atoms with Gasteiger partial charge in [-0.3, -0.25) is 0 Å². The van der Waals surface area contributed by atoms with Crippen LogP contribution in [-0.2, 0) is 14.8 Å². The number of hydrogen-bond donors (Lipinski definition) is 0. The predicted octanol–water partition coefficient (Wildman–Crippen LogP) is 0.433. The number of hydrogen-bond acceptors (Lipinski definition) is 6. The smallest absolute Gasteiger partial charge is 0.244 e. The summed E-state index contributed by atoms with van der Waals surface area (Å²) in [4.78, 5) is 6.49. The summed E-state index contributed by atoms with van der Waals surface area (Å²) in [6.45, 7) is 6.44. The molecule has 1 fully saturated rings. The van der Waals surface area contributed by atoms with Crippen molar-refractivity contribution in [1.82, 2.24) is 14.2 Å². The topological polar surface area (TPSA) is 72.0 Å². The SMILES string of the molecule is CCN1CCN(S(=O)(=O)c2ccc(OCCOC)nc2)CC1. The Balaban J connectivity index is 2.00. The summed E-state index contributed by atoms with van der Waals surface area (Å²) in [6.07, 6.45) is 1.35. The molecule has 22 heavy (non-hydrogen) atoms. The van der Waals surface area contributed by atoms with Gasteiger partial charge in [-0.05, 0) is 12.6 Å². The molecule has 0 amide bonds. The van der Waals surface area contributed by atoms with Crippen molar-refractivity contribution in [1.29, 1.82) is 0 Å². The molecule has 0 spiro atoms. The third-order valence-corrected chi connectivity index (χ3v) is 5.55. The minimum absolute atomic E-state index is 0.205. The van der Waals surface area contributed by atoms with Crippen molar-refractivity contribution in [3.05, 3.63) is 18.3 Å². The predicted molar refractivity (Wildman–Crippen MR) is 82.5 cm³/mol. The number of ether oxygens (including phenoxy) is 2. The molecule has 0 aliphatic carbocycles. The third kappa shape index (κ3) is 4.16. The zero-order chi connectivity index (χ0) is 16.0. The average Bonchev–Trinajstić information content (AvgIpc) is 2.55. The van der Waals surface area contributed by atoms with Crippen LogP contribution in [0.4, 0.5) is 0 Å². The Morgan fingerprint density at radius 3 is 2.45 bits per heavy atom. The second-order valence-electron chi connectivity index (χ2n) is 5.01. The normalized spacial score (nSPS) is 17.5. The Labute approximate surface area is 131 Å². The molecule has 0 unspecified atom stereocenters. The van der Waals surface area contributed by atoms with Crippen LogP contribution in [0.3, 0.4) is 0 Å². The van der Waals surface area contributed by atoms with E-state index >= 15 is 0 Å². The van der Waals surface area contributed by atoms with Gasteiger partial charge < -0.3 is 14.4 Å². The number of likely N-dealkylation sites (N-methyl/N-ethyl adjacent to an activating group) is 1. The van der Waals surface area contributed by atoms with E-state index in [1.54, 1.807) is 13.2 Å². The fourth-order valence-electron chi connectivity index (χ4n) is 2.27. The molecule has 1 aliphatic rings. The summed E-state index contributed by atoms with van der Waals surface area (Å²) in [5.74, 6) is 0.395. The van der Waals surface area contributed by atoms with Crippen molar-refractivity contribution < 1.29 is 17.9 Å². The number of nitrogens with zero attached hydrogens (tertiary/aromatic N) is 3. The van der Waals surface area contributed by atoms with Crippen molar-refractivity contribution in [3.63, 3.8) is 0 Å². The van der Waals surface area contributed by atoms with Gasteiger partial charge in [-0.15, -0.1) is 0 Å². The molecular weight excluding hydrogens is 306 g/mol. The Hall–Kier alpha value is -1.22. The molecule has 1 saturated heterocycles. The van der Waals surface area contributed by atoms with Crippen LogP contribution in [-0.4, -0.2) is 75.7 Å². The van der Waals surface area contributed by atoms with Gasteiger partial charge in [0.1, 0.15) is 11.5 Å². The van der Waals surface area contributed by atoms with E-state index in [9.17, 15) is 8.42 Å². The fourth-order valence-corrected chi connectivity index (χ4v) is 3.64. The molecule has 2 rings (SSSR count). The lowest BCUT2D eigenvalue weighted by molar-refractivity contribution is 0.143. The van der Waals surface area contributed by atoms with Gasteiger partial charge in [-0.2, -0.15) is 4.31 Å². The molecule has 0 N–H and O–H groups in total. The molecule has 8 heteroatoms. The Morgan fingerprint density at radius 1 is 1.18 bits per heavy atom. The van der Waals surface area contributed by atoms with E-state index in [4.69, 9.17) is 9.47 Å². The number of piperazine rings is 1. The van der Waals surface area contributed by atoms with E-state index in [0.717, 1.165) is 19.6 Å². The molecule has 7 nitrogen and oxygen atoms in total. The molecule has 0 aromatic carbocycles. The Kier molecular flexibility index (Phi) is 6.13. The second kappa shape index (κ2) is 7.87. The zero-order valence-electron chi connectivity index (χ0n) is 13.1. The van der Waals surface area contributed by atoms with Crippen LogP contribution in [0.1, 0.15) is 6.92 Å². The summed E-state index contributed by atoms with van der Waals surface area (Å²) >= 11 is 0. The zero-order valence-corrected chi connectivity index (χ0v) is 13.9. The monoisotopic (exact) mass is 329 g/mol. The summed E-state index contributed by atoms with van der Waals surface area (Å²) in [7, 11) is -1.88. The maximum atomic E-state index is 12.6. The van der Waals surface area contributed by atoms with Gasteiger partial charge >= 0.3 is 0 Å². The first kappa shape index (κ1) is 17.1. The van der Waals surface area contributed by atoms with Crippen LogP contribution in [0.15, 0.2) is 23.2 Å². The molecule has 1 aromatic rings. The van der Waals surface area contributed by atoms with E-state index < -0.39 is 10.0 Å². The molecular formula is C14H23N3O4S. The molecule has 0 saturated carbocycles. The lowest BCUT2D eigenvalue weighted by Crippen LogP contribution is -2.48. The fraction of sp³-hybridized carbons (Fsp3) is 0.643. The number of pyridine rings is 1. The Bertz CT molecular complexity index is 554. The third-order valence-electron chi connectivity index (χ3n) is 3.66. The van der Waals surface area contributed by atoms with Crippen LogP contribution in [0.5, 0.6) is 5.88 Å². The van der Waals surface area contributed by atoms with Crippen LogP contribution in [0.25, 0.3) is 0 Å². The molecule has 0 bridgehead atoms. The van der Waals surface area contributed by atoms with E-state index in [1.807, 2.05) is 0 Å².